The second-order valence-electron chi connectivity index (χ2n) is 7.13. The first-order valence-corrected chi connectivity index (χ1v) is 9.80. The van der Waals surface area contributed by atoms with Gasteiger partial charge in [-0.05, 0) is 36.2 Å². The van der Waals surface area contributed by atoms with Crippen molar-refractivity contribution in [3.63, 3.8) is 0 Å². The van der Waals surface area contributed by atoms with Gasteiger partial charge >= 0.3 is 0 Å². The maximum Gasteiger partial charge on any atom is 0.193 e. The Morgan fingerprint density at radius 2 is 2.03 bits per heavy atom. The molecule has 2 N–H and O–H groups in total. The van der Waals surface area contributed by atoms with Crippen molar-refractivity contribution in [1.29, 1.82) is 0 Å². The Kier molecular flexibility index (Phi) is 7.35. The number of guanidine groups is 1. The molecule has 4 rings (SSSR count). The van der Waals surface area contributed by atoms with Gasteiger partial charge in [-0.15, -0.1) is 24.0 Å². The fourth-order valence-electron chi connectivity index (χ4n) is 3.85. The van der Waals surface area contributed by atoms with Crippen molar-refractivity contribution in [3.8, 4) is 5.75 Å². The number of methoxy groups -OCH3 is 1. The van der Waals surface area contributed by atoms with Crippen molar-refractivity contribution in [2.45, 2.75) is 18.8 Å². The van der Waals surface area contributed by atoms with Gasteiger partial charge in [-0.25, -0.2) is 4.98 Å². The summed E-state index contributed by atoms with van der Waals surface area (Å²) in [5, 5.41) is 3.49. The van der Waals surface area contributed by atoms with Crippen molar-refractivity contribution in [2.75, 3.05) is 33.8 Å². The van der Waals surface area contributed by atoms with Gasteiger partial charge in [0.05, 0.1) is 18.1 Å². The molecule has 2 aromatic carbocycles. The summed E-state index contributed by atoms with van der Waals surface area (Å²) in [7, 11) is 3.55. The monoisotopic (exact) mass is 505 g/mol. The van der Waals surface area contributed by atoms with Gasteiger partial charge in [0.2, 0.25) is 0 Å². The van der Waals surface area contributed by atoms with Crippen molar-refractivity contribution >= 4 is 41.0 Å². The number of aliphatic imine (C=N–C) groups is 1. The highest BCUT2D eigenvalue weighted by molar-refractivity contribution is 14.0. The van der Waals surface area contributed by atoms with Crippen LogP contribution in [-0.2, 0) is 6.42 Å². The Morgan fingerprint density at radius 3 is 2.76 bits per heavy atom. The molecule has 1 aliphatic rings. The van der Waals surface area contributed by atoms with E-state index in [9.17, 15) is 0 Å². The average molecular weight is 505 g/mol. The van der Waals surface area contributed by atoms with E-state index in [1.165, 1.54) is 5.56 Å². The zero-order valence-corrected chi connectivity index (χ0v) is 19.2. The average Bonchev–Trinajstić information content (AvgIpc) is 3.38. The van der Waals surface area contributed by atoms with Crippen LogP contribution >= 0.6 is 24.0 Å². The fraction of sp³-hybridized carbons (Fsp3) is 0.364. The van der Waals surface area contributed by atoms with E-state index in [1.807, 2.05) is 37.4 Å². The zero-order chi connectivity index (χ0) is 19.3. The summed E-state index contributed by atoms with van der Waals surface area (Å²) in [6.07, 6.45) is 1.97. The Hall–Kier alpha value is -2.29. The summed E-state index contributed by atoms with van der Waals surface area (Å²) in [5.74, 6) is 3.40. The standard InChI is InChI=1S/C22H27N5O.HI/c1-23-22(24-13-11-21-25-19-5-3-4-6-20(19)26-21)27-14-12-17(15-27)16-7-9-18(28-2)10-8-16;/h3-10,17H,11-15H2,1-2H3,(H,23,24)(H,25,26);1H. The first-order valence-electron chi connectivity index (χ1n) is 9.80. The molecule has 1 unspecified atom stereocenters. The highest BCUT2D eigenvalue weighted by Crippen LogP contribution is 2.28. The van der Waals surface area contributed by atoms with Gasteiger partial charge in [0.1, 0.15) is 11.6 Å². The molecule has 6 nitrogen and oxygen atoms in total. The summed E-state index contributed by atoms with van der Waals surface area (Å²) >= 11 is 0. The number of hydrogen-bond acceptors (Lipinski definition) is 3. The predicted molar refractivity (Wildman–Crippen MR) is 128 cm³/mol. The number of H-pyrrole nitrogens is 1. The molecule has 29 heavy (non-hydrogen) atoms. The number of para-hydroxylation sites is 2. The molecule has 0 bridgehead atoms. The minimum atomic E-state index is 0. The number of hydrogen-bond donors (Lipinski definition) is 2. The summed E-state index contributed by atoms with van der Waals surface area (Å²) in [6, 6.07) is 16.6. The number of nitrogens with one attached hydrogen (secondary N) is 2. The third-order valence-electron chi connectivity index (χ3n) is 5.37. The predicted octanol–water partition coefficient (Wildman–Crippen LogP) is 3.80. The highest BCUT2D eigenvalue weighted by Gasteiger charge is 2.26. The molecule has 0 amide bonds. The van der Waals surface area contributed by atoms with Crippen molar-refractivity contribution < 1.29 is 4.74 Å². The van der Waals surface area contributed by atoms with Gasteiger partial charge in [-0.3, -0.25) is 4.99 Å². The number of benzene rings is 2. The van der Waals surface area contributed by atoms with Crippen LogP contribution in [0.5, 0.6) is 5.75 Å². The lowest BCUT2D eigenvalue weighted by Gasteiger charge is -2.21. The molecular weight excluding hydrogens is 477 g/mol. The normalized spacial score (nSPS) is 16.7. The van der Waals surface area contributed by atoms with E-state index in [2.05, 4.69) is 43.4 Å². The van der Waals surface area contributed by atoms with Crippen LogP contribution < -0.4 is 10.1 Å². The number of rotatable bonds is 5. The Labute approximate surface area is 188 Å². The quantitative estimate of drug-likeness (QED) is 0.315. The summed E-state index contributed by atoms with van der Waals surface area (Å²) in [4.78, 5) is 14.8. The number of fused-ring (bicyclic) bond motifs is 1. The Morgan fingerprint density at radius 1 is 1.24 bits per heavy atom. The van der Waals surface area contributed by atoms with Gasteiger partial charge in [-0.2, -0.15) is 0 Å². The van der Waals surface area contributed by atoms with E-state index in [0.717, 1.165) is 61.0 Å². The maximum absolute atomic E-state index is 5.26. The van der Waals surface area contributed by atoms with Crippen LogP contribution in [0, 0.1) is 0 Å². The highest BCUT2D eigenvalue weighted by atomic mass is 127. The van der Waals surface area contributed by atoms with Gasteiger partial charge < -0.3 is 19.9 Å². The lowest BCUT2D eigenvalue weighted by molar-refractivity contribution is 0.414. The largest absolute Gasteiger partial charge is 0.497 e. The molecule has 1 fully saturated rings. The molecule has 154 valence electrons. The van der Waals surface area contributed by atoms with E-state index in [0.29, 0.717) is 5.92 Å². The topological polar surface area (TPSA) is 65.5 Å². The van der Waals surface area contributed by atoms with Gasteiger partial charge in [-0.1, -0.05) is 24.3 Å². The van der Waals surface area contributed by atoms with Gasteiger partial charge in [0, 0.05) is 39.0 Å². The van der Waals surface area contributed by atoms with E-state index in [4.69, 9.17) is 4.74 Å². The lowest BCUT2D eigenvalue weighted by Crippen LogP contribution is -2.40. The van der Waals surface area contributed by atoms with Crippen molar-refractivity contribution in [2.24, 2.45) is 4.99 Å². The van der Waals surface area contributed by atoms with Crippen LogP contribution in [-0.4, -0.2) is 54.6 Å². The number of aromatic nitrogens is 2. The Balaban J connectivity index is 0.00000240. The smallest absolute Gasteiger partial charge is 0.193 e. The summed E-state index contributed by atoms with van der Waals surface area (Å²) in [6.45, 7) is 2.80. The van der Waals surface area contributed by atoms with E-state index in [1.54, 1.807) is 7.11 Å². The number of halogens is 1. The van der Waals surface area contributed by atoms with Crippen LogP contribution in [0.1, 0.15) is 23.7 Å². The summed E-state index contributed by atoms with van der Waals surface area (Å²) in [5.41, 5.74) is 3.47. The molecule has 0 spiro atoms. The second-order valence-corrected chi connectivity index (χ2v) is 7.13. The Bertz CT molecular complexity index is 920. The third-order valence-corrected chi connectivity index (χ3v) is 5.37. The minimum Gasteiger partial charge on any atom is -0.497 e. The van der Waals surface area contributed by atoms with E-state index in [-0.39, 0.29) is 24.0 Å². The fourth-order valence-corrected chi connectivity index (χ4v) is 3.85. The zero-order valence-electron chi connectivity index (χ0n) is 16.9. The first-order chi connectivity index (χ1) is 13.8. The molecule has 2 heterocycles. The first kappa shape index (κ1) is 21.4. The van der Waals surface area contributed by atoms with E-state index < -0.39 is 0 Å². The van der Waals surface area contributed by atoms with Crippen LogP contribution in [0.3, 0.4) is 0 Å². The molecule has 7 heteroatoms. The van der Waals surface area contributed by atoms with Crippen LogP contribution in [0.4, 0.5) is 0 Å². The molecule has 0 saturated carbocycles. The third kappa shape index (κ3) is 5.01. The number of aromatic amines is 1. The molecule has 1 atom stereocenters. The second kappa shape index (κ2) is 9.96. The van der Waals surface area contributed by atoms with E-state index >= 15 is 0 Å². The molecule has 3 aromatic rings. The van der Waals surface area contributed by atoms with Crippen LogP contribution in [0.2, 0.25) is 0 Å². The van der Waals surface area contributed by atoms with Crippen molar-refractivity contribution in [1.82, 2.24) is 20.2 Å². The van der Waals surface area contributed by atoms with Gasteiger partial charge in [0.15, 0.2) is 5.96 Å². The minimum absolute atomic E-state index is 0. The maximum atomic E-state index is 5.26. The molecule has 1 saturated heterocycles. The molecular formula is C22H28IN5O. The number of imidazole rings is 1. The molecule has 1 aliphatic heterocycles. The SMILES string of the molecule is CN=C(NCCc1nc2ccccc2[nH]1)N1CCC(c2ccc(OC)cc2)C1.I. The number of likely N-dealkylation sites (tertiary alicyclic amines) is 1. The molecule has 0 aliphatic carbocycles. The molecule has 0 radical (unpaired) electrons. The molecule has 1 aromatic heterocycles. The van der Waals surface area contributed by atoms with Crippen molar-refractivity contribution in [3.05, 3.63) is 59.9 Å². The van der Waals surface area contributed by atoms with Crippen LogP contribution in [0.25, 0.3) is 11.0 Å². The number of ether oxygens (including phenoxy) is 1. The lowest BCUT2D eigenvalue weighted by atomic mass is 9.98. The number of nitrogens with zero attached hydrogens (tertiary/aromatic N) is 3. The van der Waals surface area contributed by atoms with Crippen LogP contribution in [0.15, 0.2) is 53.5 Å². The summed E-state index contributed by atoms with van der Waals surface area (Å²) < 4.78 is 5.26. The van der Waals surface area contributed by atoms with Gasteiger partial charge in [0.25, 0.3) is 0 Å².